The molecule has 0 aliphatic heterocycles. The largest absolute Gasteiger partial charge is 0.426 e. The highest BCUT2D eigenvalue weighted by atomic mass is 16.5. The lowest BCUT2D eigenvalue weighted by Gasteiger charge is -2.24. The van der Waals surface area contributed by atoms with Gasteiger partial charge in [0.25, 0.3) is 0 Å². The van der Waals surface area contributed by atoms with Crippen molar-refractivity contribution in [2.45, 2.75) is 33.1 Å². The Morgan fingerprint density at radius 1 is 1.12 bits per heavy atom. The van der Waals surface area contributed by atoms with Crippen LogP contribution in [0, 0.1) is 0 Å². The van der Waals surface area contributed by atoms with Crippen molar-refractivity contribution in [3.8, 4) is 11.5 Å². The van der Waals surface area contributed by atoms with E-state index in [0.29, 0.717) is 24.3 Å². The van der Waals surface area contributed by atoms with Gasteiger partial charge in [-0.3, -0.25) is 4.79 Å². The highest BCUT2D eigenvalue weighted by Crippen LogP contribution is 2.44. The SMILES string of the molecule is C=CC(=O)Oc1c2c(c(OC(C)=O)c3ccccc13)CC=C(CC)C2. The van der Waals surface area contributed by atoms with Crippen LogP contribution in [0.3, 0.4) is 0 Å². The van der Waals surface area contributed by atoms with Gasteiger partial charge >= 0.3 is 11.9 Å². The average molecular weight is 336 g/mol. The summed E-state index contributed by atoms with van der Waals surface area (Å²) in [7, 11) is 0. The predicted octanol–water partition coefficient (Wildman–Crippen LogP) is 4.29. The van der Waals surface area contributed by atoms with Crippen molar-refractivity contribution < 1.29 is 19.1 Å². The normalized spacial score (nSPS) is 13.0. The van der Waals surface area contributed by atoms with Crippen molar-refractivity contribution in [1.82, 2.24) is 0 Å². The molecule has 0 aromatic heterocycles. The number of hydrogen-bond donors (Lipinski definition) is 0. The molecule has 2 aromatic rings. The fourth-order valence-electron chi connectivity index (χ4n) is 3.22. The van der Waals surface area contributed by atoms with Crippen LogP contribution in [0.1, 0.15) is 31.4 Å². The summed E-state index contributed by atoms with van der Waals surface area (Å²) in [6.45, 7) is 6.97. The zero-order valence-corrected chi connectivity index (χ0v) is 14.4. The van der Waals surface area contributed by atoms with Crippen LogP contribution in [0.4, 0.5) is 0 Å². The first-order chi connectivity index (χ1) is 12.0. The van der Waals surface area contributed by atoms with Gasteiger partial charge in [-0.25, -0.2) is 4.79 Å². The fraction of sp³-hybridized carbons (Fsp3) is 0.238. The fourth-order valence-corrected chi connectivity index (χ4v) is 3.22. The minimum absolute atomic E-state index is 0.367. The van der Waals surface area contributed by atoms with Crippen LogP contribution in [0.5, 0.6) is 11.5 Å². The number of hydrogen-bond acceptors (Lipinski definition) is 4. The molecule has 0 atom stereocenters. The van der Waals surface area contributed by atoms with Gasteiger partial charge in [-0.2, -0.15) is 0 Å². The lowest BCUT2D eigenvalue weighted by molar-refractivity contribution is -0.132. The highest BCUT2D eigenvalue weighted by molar-refractivity contribution is 5.99. The van der Waals surface area contributed by atoms with E-state index in [1.807, 2.05) is 24.3 Å². The number of carbonyl (C=O) groups excluding carboxylic acids is 2. The maximum Gasteiger partial charge on any atom is 0.335 e. The lowest BCUT2D eigenvalue weighted by atomic mass is 9.86. The quantitative estimate of drug-likeness (QED) is 0.362. The summed E-state index contributed by atoms with van der Waals surface area (Å²) in [6.07, 6.45) is 5.54. The first kappa shape index (κ1) is 17.0. The van der Waals surface area contributed by atoms with Gasteiger partial charge in [0.05, 0.1) is 0 Å². The molecule has 0 bridgehead atoms. The molecule has 25 heavy (non-hydrogen) atoms. The molecule has 0 fully saturated rings. The minimum Gasteiger partial charge on any atom is -0.426 e. The summed E-state index contributed by atoms with van der Waals surface area (Å²) in [5.41, 5.74) is 3.08. The Balaban J connectivity index is 2.32. The third kappa shape index (κ3) is 3.20. The molecule has 0 saturated heterocycles. The Morgan fingerprint density at radius 3 is 2.32 bits per heavy atom. The monoisotopic (exact) mass is 336 g/mol. The standard InChI is InChI=1S/C21H20O4/c1-4-14-10-11-17-18(12-14)21(25-19(23)5-2)16-9-7-6-8-15(16)20(17)24-13(3)22/h5-10H,2,4,11-12H2,1,3H3. The van der Waals surface area contributed by atoms with Crippen molar-refractivity contribution in [3.05, 3.63) is 59.7 Å². The van der Waals surface area contributed by atoms with E-state index >= 15 is 0 Å². The van der Waals surface area contributed by atoms with Crippen molar-refractivity contribution in [2.24, 2.45) is 0 Å². The Bertz CT molecular complexity index is 906. The van der Waals surface area contributed by atoms with Crippen molar-refractivity contribution in [3.63, 3.8) is 0 Å². The molecular formula is C21H20O4. The van der Waals surface area contributed by atoms with Crippen molar-refractivity contribution >= 4 is 22.7 Å². The molecule has 4 heteroatoms. The van der Waals surface area contributed by atoms with Gasteiger partial charge in [0.1, 0.15) is 11.5 Å². The molecular weight excluding hydrogens is 316 g/mol. The second-order valence-corrected chi connectivity index (χ2v) is 5.98. The molecule has 3 rings (SSSR count). The lowest BCUT2D eigenvalue weighted by Crippen LogP contribution is -2.14. The van der Waals surface area contributed by atoms with Crippen LogP contribution >= 0.6 is 0 Å². The number of fused-ring (bicyclic) bond motifs is 2. The number of ether oxygens (including phenoxy) is 2. The van der Waals surface area contributed by atoms with Crippen molar-refractivity contribution in [2.75, 3.05) is 0 Å². The van der Waals surface area contributed by atoms with E-state index in [9.17, 15) is 9.59 Å². The predicted molar refractivity (Wildman–Crippen MR) is 96.9 cm³/mol. The van der Waals surface area contributed by atoms with Gasteiger partial charge < -0.3 is 9.47 Å². The second-order valence-electron chi connectivity index (χ2n) is 5.98. The third-order valence-corrected chi connectivity index (χ3v) is 4.40. The summed E-state index contributed by atoms with van der Waals surface area (Å²) < 4.78 is 11.2. The van der Waals surface area contributed by atoms with Crippen LogP contribution in [0.25, 0.3) is 10.8 Å². The summed E-state index contributed by atoms with van der Waals surface area (Å²) in [5.74, 6) is 0.224. The van der Waals surface area contributed by atoms with Crippen LogP contribution < -0.4 is 9.47 Å². The summed E-state index contributed by atoms with van der Waals surface area (Å²) in [5, 5.41) is 1.52. The van der Waals surface area contributed by atoms with E-state index in [2.05, 4.69) is 19.6 Å². The summed E-state index contributed by atoms with van der Waals surface area (Å²) >= 11 is 0. The Labute approximate surface area is 146 Å². The summed E-state index contributed by atoms with van der Waals surface area (Å²) in [6, 6.07) is 7.49. The number of rotatable bonds is 4. The first-order valence-electron chi connectivity index (χ1n) is 8.32. The van der Waals surface area contributed by atoms with Crippen molar-refractivity contribution in [1.29, 1.82) is 0 Å². The number of carbonyl (C=O) groups is 2. The van der Waals surface area contributed by atoms with Gasteiger partial charge in [-0.1, -0.05) is 49.4 Å². The van der Waals surface area contributed by atoms with Crippen LogP contribution in [-0.4, -0.2) is 11.9 Å². The average Bonchev–Trinajstić information content (AvgIpc) is 2.63. The smallest absolute Gasteiger partial charge is 0.335 e. The minimum atomic E-state index is -0.500. The number of esters is 2. The molecule has 0 unspecified atom stereocenters. The molecule has 0 heterocycles. The molecule has 0 saturated carbocycles. The molecule has 0 spiro atoms. The Hall–Kier alpha value is -2.88. The third-order valence-electron chi connectivity index (χ3n) is 4.40. The second kappa shape index (κ2) is 6.93. The zero-order chi connectivity index (χ0) is 18.0. The Kier molecular flexibility index (Phi) is 4.70. The van der Waals surface area contributed by atoms with E-state index < -0.39 is 5.97 Å². The van der Waals surface area contributed by atoms with E-state index in [1.165, 1.54) is 12.5 Å². The number of benzene rings is 2. The molecule has 0 amide bonds. The van der Waals surface area contributed by atoms with Crippen LogP contribution in [0.15, 0.2) is 48.6 Å². The van der Waals surface area contributed by atoms with E-state index in [-0.39, 0.29) is 5.97 Å². The molecule has 1 aliphatic rings. The molecule has 2 aromatic carbocycles. The maximum atomic E-state index is 11.9. The molecule has 1 aliphatic carbocycles. The molecule has 128 valence electrons. The van der Waals surface area contributed by atoms with Gasteiger partial charge in [-0.05, 0) is 19.3 Å². The molecule has 0 N–H and O–H groups in total. The first-order valence-corrected chi connectivity index (χ1v) is 8.32. The topological polar surface area (TPSA) is 52.6 Å². The number of allylic oxidation sites excluding steroid dienone is 2. The molecule has 0 radical (unpaired) electrons. The van der Waals surface area contributed by atoms with Crippen LogP contribution in [-0.2, 0) is 22.4 Å². The summed E-state index contributed by atoms with van der Waals surface area (Å²) in [4.78, 5) is 23.5. The van der Waals surface area contributed by atoms with Crippen LogP contribution in [0.2, 0.25) is 0 Å². The van der Waals surface area contributed by atoms with E-state index in [1.54, 1.807) is 0 Å². The van der Waals surface area contributed by atoms with Gasteiger partial charge in [0.2, 0.25) is 0 Å². The van der Waals surface area contributed by atoms with Gasteiger partial charge in [0.15, 0.2) is 0 Å². The maximum absolute atomic E-state index is 11.9. The zero-order valence-electron chi connectivity index (χ0n) is 14.4. The highest BCUT2D eigenvalue weighted by Gasteiger charge is 2.25. The van der Waals surface area contributed by atoms with E-state index in [4.69, 9.17) is 9.47 Å². The Morgan fingerprint density at radius 2 is 1.76 bits per heavy atom. The van der Waals surface area contributed by atoms with Gasteiger partial charge in [-0.15, -0.1) is 0 Å². The molecule has 4 nitrogen and oxygen atoms in total. The van der Waals surface area contributed by atoms with Gasteiger partial charge in [0, 0.05) is 34.9 Å². The van der Waals surface area contributed by atoms with E-state index in [0.717, 1.165) is 34.4 Å².